The molecule has 128 valence electrons. The van der Waals surface area contributed by atoms with E-state index >= 15 is 0 Å². The lowest BCUT2D eigenvalue weighted by molar-refractivity contribution is 0.167. The number of piperidine rings is 1. The van der Waals surface area contributed by atoms with Crippen molar-refractivity contribution in [2.75, 3.05) is 13.1 Å². The minimum absolute atomic E-state index is 0.0111. The molecule has 1 aliphatic carbocycles. The minimum atomic E-state index is -0.0111. The molecule has 0 aromatic carbocycles. The van der Waals surface area contributed by atoms with Gasteiger partial charge in [-0.05, 0) is 38.5 Å². The van der Waals surface area contributed by atoms with Crippen molar-refractivity contribution in [2.24, 2.45) is 5.92 Å². The Balaban J connectivity index is 1.42. The molecule has 1 N–H and O–H groups in total. The Morgan fingerprint density at radius 1 is 1.46 bits per heavy atom. The normalized spacial score (nSPS) is 22.4. The molecule has 2 aromatic heterocycles. The Morgan fingerprint density at radius 3 is 3.00 bits per heavy atom. The topological polar surface area (TPSA) is 84.2 Å². The van der Waals surface area contributed by atoms with Gasteiger partial charge in [-0.1, -0.05) is 5.16 Å². The van der Waals surface area contributed by atoms with Crippen molar-refractivity contribution in [3.05, 3.63) is 28.3 Å². The number of hydrogen-bond donors (Lipinski definition) is 1. The first-order valence-electron chi connectivity index (χ1n) is 8.46. The van der Waals surface area contributed by atoms with E-state index in [0.29, 0.717) is 24.2 Å². The number of aromatic nitrogens is 3. The van der Waals surface area contributed by atoms with Gasteiger partial charge in [0.05, 0.1) is 12.0 Å². The van der Waals surface area contributed by atoms with Crippen LogP contribution in [-0.2, 0) is 0 Å². The molecule has 4 rings (SSSR count). The van der Waals surface area contributed by atoms with Gasteiger partial charge in [-0.15, -0.1) is 11.3 Å². The van der Waals surface area contributed by atoms with Gasteiger partial charge >= 0.3 is 6.03 Å². The predicted octanol–water partition coefficient (Wildman–Crippen LogP) is 2.87. The summed E-state index contributed by atoms with van der Waals surface area (Å²) in [5.41, 5.74) is 0. The molecule has 8 heteroatoms. The van der Waals surface area contributed by atoms with Crippen molar-refractivity contribution in [2.45, 2.75) is 44.6 Å². The Kier molecular flexibility index (Phi) is 4.22. The monoisotopic (exact) mass is 347 g/mol. The summed E-state index contributed by atoms with van der Waals surface area (Å²) in [6.45, 7) is 3.21. The molecule has 0 spiro atoms. The Morgan fingerprint density at radius 2 is 2.33 bits per heavy atom. The average Bonchev–Trinajstić information content (AvgIpc) is 3.10. The van der Waals surface area contributed by atoms with E-state index in [-0.39, 0.29) is 18.0 Å². The van der Waals surface area contributed by atoms with Crippen molar-refractivity contribution in [1.82, 2.24) is 25.3 Å². The summed E-state index contributed by atoms with van der Waals surface area (Å²) < 4.78 is 5.29. The number of hydrogen-bond acceptors (Lipinski definition) is 6. The van der Waals surface area contributed by atoms with Crippen LogP contribution in [-0.4, -0.2) is 39.1 Å². The van der Waals surface area contributed by atoms with Crippen LogP contribution in [0, 0.1) is 12.8 Å². The van der Waals surface area contributed by atoms with Crippen LogP contribution in [0.3, 0.4) is 0 Å². The SMILES string of the molecule is Cc1noc([C@H]2CCCN(C(=O)N[C@@H](c3nccs3)C3CC3)C2)n1. The third-order valence-electron chi connectivity index (χ3n) is 4.69. The zero-order valence-corrected chi connectivity index (χ0v) is 14.5. The van der Waals surface area contributed by atoms with E-state index in [1.165, 1.54) is 0 Å². The zero-order chi connectivity index (χ0) is 16.5. The summed E-state index contributed by atoms with van der Waals surface area (Å²) in [6.07, 6.45) is 6.05. The molecule has 0 radical (unpaired) electrons. The summed E-state index contributed by atoms with van der Waals surface area (Å²) in [7, 11) is 0. The first kappa shape index (κ1) is 15.6. The maximum absolute atomic E-state index is 12.7. The van der Waals surface area contributed by atoms with E-state index in [1.807, 2.05) is 17.2 Å². The molecule has 0 bridgehead atoms. The fourth-order valence-electron chi connectivity index (χ4n) is 3.27. The maximum Gasteiger partial charge on any atom is 0.317 e. The van der Waals surface area contributed by atoms with Crippen LogP contribution in [0.4, 0.5) is 4.79 Å². The van der Waals surface area contributed by atoms with Crippen molar-refractivity contribution >= 4 is 17.4 Å². The highest BCUT2D eigenvalue weighted by Crippen LogP contribution is 2.41. The van der Waals surface area contributed by atoms with Crippen molar-refractivity contribution in [1.29, 1.82) is 0 Å². The molecule has 3 heterocycles. The number of carbonyl (C=O) groups is 1. The van der Waals surface area contributed by atoms with E-state index < -0.39 is 0 Å². The first-order valence-corrected chi connectivity index (χ1v) is 9.33. The number of rotatable bonds is 4. The second-order valence-electron chi connectivity index (χ2n) is 6.60. The Bertz CT molecular complexity index is 697. The lowest BCUT2D eigenvalue weighted by Crippen LogP contribution is -2.46. The number of thiazole rings is 1. The lowest BCUT2D eigenvalue weighted by Gasteiger charge is -2.32. The van der Waals surface area contributed by atoms with Gasteiger partial charge in [-0.3, -0.25) is 0 Å². The summed E-state index contributed by atoms with van der Waals surface area (Å²) in [6, 6.07) is 0.0339. The highest BCUT2D eigenvalue weighted by molar-refractivity contribution is 7.09. The van der Waals surface area contributed by atoms with Gasteiger partial charge < -0.3 is 14.7 Å². The molecule has 0 unspecified atom stereocenters. The summed E-state index contributed by atoms with van der Waals surface area (Å²) in [5, 5.41) is 10.0. The van der Waals surface area contributed by atoms with Crippen molar-refractivity contribution in [3.8, 4) is 0 Å². The van der Waals surface area contributed by atoms with Crippen molar-refractivity contribution in [3.63, 3.8) is 0 Å². The Labute approximate surface area is 144 Å². The molecule has 2 fully saturated rings. The molecule has 1 saturated carbocycles. The molecular weight excluding hydrogens is 326 g/mol. The number of nitrogens with one attached hydrogen (secondary N) is 1. The van der Waals surface area contributed by atoms with E-state index in [1.54, 1.807) is 17.5 Å². The largest absolute Gasteiger partial charge is 0.339 e. The lowest BCUT2D eigenvalue weighted by atomic mass is 9.98. The van der Waals surface area contributed by atoms with Crippen LogP contribution in [0.2, 0.25) is 0 Å². The zero-order valence-electron chi connectivity index (χ0n) is 13.6. The molecule has 2 aromatic rings. The molecule has 1 aliphatic heterocycles. The number of urea groups is 1. The van der Waals surface area contributed by atoms with Gasteiger partial charge in [-0.2, -0.15) is 4.98 Å². The van der Waals surface area contributed by atoms with Crippen LogP contribution in [0.15, 0.2) is 16.1 Å². The molecular formula is C16H21N5O2S. The highest BCUT2D eigenvalue weighted by Gasteiger charge is 2.37. The molecule has 24 heavy (non-hydrogen) atoms. The van der Waals surface area contributed by atoms with E-state index in [9.17, 15) is 4.79 Å². The number of amides is 2. The standard InChI is InChI=1S/C16H21N5O2S/c1-10-18-14(23-20-10)12-3-2-7-21(9-12)16(22)19-13(11-4-5-11)15-17-6-8-24-15/h6,8,11-13H,2-5,7,9H2,1H3,(H,19,22)/t12-,13+/m0/s1. The van der Waals surface area contributed by atoms with Gasteiger partial charge in [0.2, 0.25) is 5.89 Å². The molecule has 7 nitrogen and oxygen atoms in total. The first-order chi connectivity index (χ1) is 11.7. The van der Waals surface area contributed by atoms with Crippen molar-refractivity contribution < 1.29 is 9.32 Å². The van der Waals surface area contributed by atoms with Crippen LogP contribution in [0.5, 0.6) is 0 Å². The average molecular weight is 347 g/mol. The Hall–Kier alpha value is -1.96. The van der Waals surface area contributed by atoms with Gasteiger partial charge in [0.25, 0.3) is 0 Å². The maximum atomic E-state index is 12.7. The van der Waals surface area contributed by atoms with Crippen LogP contribution in [0.1, 0.15) is 54.4 Å². The number of aryl methyl sites for hydroxylation is 1. The van der Waals surface area contributed by atoms with Crippen LogP contribution in [0.25, 0.3) is 0 Å². The van der Waals surface area contributed by atoms with Gasteiger partial charge in [0.15, 0.2) is 5.82 Å². The molecule has 1 saturated heterocycles. The summed E-state index contributed by atoms with van der Waals surface area (Å²) in [4.78, 5) is 23.3. The van der Waals surface area contributed by atoms with Gasteiger partial charge in [-0.25, -0.2) is 9.78 Å². The van der Waals surface area contributed by atoms with E-state index in [2.05, 4.69) is 20.4 Å². The number of carbonyl (C=O) groups excluding carboxylic acids is 1. The third kappa shape index (κ3) is 3.28. The van der Waals surface area contributed by atoms with Crippen LogP contribution < -0.4 is 5.32 Å². The highest BCUT2D eigenvalue weighted by atomic mass is 32.1. The van der Waals surface area contributed by atoms with E-state index in [0.717, 1.165) is 37.2 Å². The smallest absolute Gasteiger partial charge is 0.317 e. The fraction of sp³-hybridized carbons (Fsp3) is 0.625. The second kappa shape index (κ2) is 6.51. The van der Waals surface area contributed by atoms with Gasteiger partial charge in [0.1, 0.15) is 5.01 Å². The predicted molar refractivity (Wildman–Crippen MR) is 88.7 cm³/mol. The minimum Gasteiger partial charge on any atom is -0.339 e. The number of likely N-dealkylation sites (tertiary alicyclic amines) is 1. The number of nitrogens with zero attached hydrogens (tertiary/aromatic N) is 4. The summed E-state index contributed by atoms with van der Waals surface area (Å²) in [5.74, 6) is 1.94. The molecule has 2 amide bonds. The second-order valence-corrected chi connectivity index (χ2v) is 7.53. The van der Waals surface area contributed by atoms with E-state index in [4.69, 9.17) is 4.52 Å². The van der Waals surface area contributed by atoms with Crippen LogP contribution >= 0.6 is 11.3 Å². The quantitative estimate of drug-likeness (QED) is 0.919. The molecule has 2 atom stereocenters. The third-order valence-corrected chi connectivity index (χ3v) is 5.55. The molecule has 2 aliphatic rings. The summed E-state index contributed by atoms with van der Waals surface area (Å²) >= 11 is 1.61. The fourth-order valence-corrected chi connectivity index (χ4v) is 4.05. The van der Waals surface area contributed by atoms with Gasteiger partial charge in [0, 0.05) is 24.7 Å².